The Morgan fingerprint density at radius 1 is 1.41 bits per heavy atom. The molecule has 1 unspecified atom stereocenters. The molecule has 90 valence electrons. The molecule has 0 saturated carbocycles. The zero-order chi connectivity index (χ0) is 12.4. The third-order valence-electron chi connectivity index (χ3n) is 2.62. The van der Waals surface area contributed by atoms with E-state index >= 15 is 0 Å². The summed E-state index contributed by atoms with van der Waals surface area (Å²) in [4.78, 5) is 0. The average molecular weight is 296 g/mol. The van der Waals surface area contributed by atoms with Crippen molar-refractivity contribution in [1.82, 2.24) is 10.2 Å². The molecule has 2 rings (SSSR count). The summed E-state index contributed by atoms with van der Waals surface area (Å²) in [7, 11) is 0. The van der Waals surface area contributed by atoms with Gasteiger partial charge in [-0.25, -0.2) is 0 Å². The van der Waals surface area contributed by atoms with Gasteiger partial charge in [0, 0.05) is 10.0 Å². The fourth-order valence-corrected chi connectivity index (χ4v) is 2.01. The summed E-state index contributed by atoms with van der Waals surface area (Å²) in [6, 6.07) is 5.73. The maximum absolute atomic E-state index is 5.84. The van der Waals surface area contributed by atoms with Crippen LogP contribution in [0.5, 0.6) is 0 Å². The molecule has 5 heteroatoms. The predicted octanol–water partition coefficient (Wildman–Crippen LogP) is 3.22. The summed E-state index contributed by atoms with van der Waals surface area (Å²) in [6.07, 6.45) is 0.779. The van der Waals surface area contributed by atoms with E-state index in [1.807, 2.05) is 32.0 Å². The first kappa shape index (κ1) is 12.3. The molecule has 0 radical (unpaired) electrons. The van der Waals surface area contributed by atoms with Gasteiger partial charge in [-0.15, -0.1) is 10.2 Å². The van der Waals surface area contributed by atoms with Gasteiger partial charge in [-0.2, -0.15) is 0 Å². The van der Waals surface area contributed by atoms with Crippen LogP contribution in [-0.2, 0) is 0 Å². The molecule has 0 bridgehead atoms. The molecule has 17 heavy (non-hydrogen) atoms. The van der Waals surface area contributed by atoms with Crippen LogP contribution in [-0.4, -0.2) is 10.2 Å². The second-order valence-electron chi connectivity index (χ2n) is 3.92. The molecule has 0 amide bonds. The summed E-state index contributed by atoms with van der Waals surface area (Å²) in [6.45, 7) is 3.99. The van der Waals surface area contributed by atoms with Crippen LogP contribution >= 0.6 is 15.9 Å². The summed E-state index contributed by atoms with van der Waals surface area (Å²) in [5.74, 6) is 1.01. The summed E-state index contributed by atoms with van der Waals surface area (Å²) in [5, 5.41) is 8.01. The molecule has 0 saturated heterocycles. The first-order chi connectivity index (χ1) is 8.11. The van der Waals surface area contributed by atoms with Crippen molar-refractivity contribution in [3.8, 4) is 11.5 Å². The molecule has 2 aromatic rings. The van der Waals surface area contributed by atoms with Gasteiger partial charge in [0.05, 0.1) is 6.04 Å². The lowest BCUT2D eigenvalue weighted by molar-refractivity contribution is 0.452. The van der Waals surface area contributed by atoms with E-state index in [4.69, 9.17) is 10.2 Å². The zero-order valence-electron chi connectivity index (χ0n) is 9.77. The topological polar surface area (TPSA) is 64.9 Å². The van der Waals surface area contributed by atoms with Gasteiger partial charge in [0.25, 0.3) is 0 Å². The van der Waals surface area contributed by atoms with Crippen LogP contribution in [0.25, 0.3) is 11.5 Å². The van der Waals surface area contributed by atoms with E-state index in [9.17, 15) is 0 Å². The van der Waals surface area contributed by atoms with Gasteiger partial charge in [-0.3, -0.25) is 0 Å². The molecule has 1 heterocycles. The lowest BCUT2D eigenvalue weighted by atomic mass is 10.1. The van der Waals surface area contributed by atoms with Crippen molar-refractivity contribution in [2.75, 3.05) is 0 Å². The third-order valence-corrected chi connectivity index (χ3v) is 3.11. The lowest BCUT2D eigenvalue weighted by Crippen LogP contribution is -2.08. The summed E-state index contributed by atoms with van der Waals surface area (Å²) >= 11 is 3.42. The molecule has 0 fully saturated rings. The molecule has 2 N–H and O–H groups in total. The van der Waals surface area contributed by atoms with Crippen LogP contribution in [0, 0.1) is 6.92 Å². The number of halogens is 1. The van der Waals surface area contributed by atoms with Crippen LogP contribution in [0.1, 0.15) is 30.8 Å². The van der Waals surface area contributed by atoms with E-state index in [1.165, 1.54) is 0 Å². The van der Waals surface area contributed by atoms with Crippen molar-refractivity contribution in [1.29, 1.82) is 0 Å². The average Bonchev–Trinajstić information content (AvgIpc) is 2.77. The predicted molar refractivity (Wildman–Crippen MR) is 69.4 cm³/mol. The van der Waals surface area contributed by atoms with Gasteiger partial charge in [0.2, 0.25) is 11.8 Å². The Morgan fingerprint density at radius 3 is 2.82 bits per heavy atom. The van der Waals surface area contributed by atoms with E-state index in [-0.39, 0.29) is 6.04 Å². The van der Waals surface area contributed by atoms with E-state index in [0.29, 0.717) is 11.8 Å². The highest BCUT2D eigenvalue weighted by Crippen LogP contribution is 2.26. The van der Waals surface area contributed by atoms with Crippen LogP contribution in [0.15, 0.2) is 27.1 Å². The fourth-order valence-electron chi connectivity index (χ4n) is 1.53. The Morgan fingerprint density at radius 2 is 2.18 bits per heavy atom. The Bertz CT molecular complexity index is 524. The molecular formula is C12H14BrN3O. The highest BCUT2D eigenvalue weighted by atomic mass is 79.9. The third kappa shape index (κ3) is 2.56. The minimum absolute atomic E-state index is 0.188. The van der Waals surface area contributed by atoms with E-state index in [0.717, 1.165) is 22.0 Å². The van der Waals surface area contributed by atoms with Crippen molar-refractivity contribution < 1.29 is 4.42 Å². The molecule has 1 atom stereocenters. The quantitative estimate of drug-likeness (QED) is 0.944. The molecule has 0 aliphatic heterocycles. The van der Waals surface area contributed by atoms with Gasteiger partial charge in [-0.1, -0.05) is 22.9 Å². The second kappa shape index (κ2) is 4.98. The highest BCUT2D eigenvalue weighted by molar-refractivity contribution is 9.10. The van der Waals surface area contributed by atoms with Crippen molar-refractivity contribution in [2.24, 2.45) is 5.73 Å². The van der Waals surface area contributed by atoms with Crippen molar-refractivity contribution in [3.63, 3.8) is 0 Å². The molecule has 0 spiro atoms. The van der Waals surface area contributed by atoms with Gasteiger partial charge < -0.3 is 10.2 Å². The minimum atomic E-state index is -0.188. The number of benzene rings is 1. The fraction of sp³-hybridized carbons (Fsp3) is 0.333. The van der Waals surface area contributed by atoms with Crippen LogP contribution in [0.4, 0.5) is 0 Å². The van der Waals surface area contributed by atoms with Crippen LogP contribution in [0.3, 0.4) is 0 Å². The van der Waals surface area contributed by atoms with Gasteiger partial charge in [0.15, 0.2) is 0 Å². The molecule has 4 nitrogen and oxygen atoms in total. The first-order valence-electron chi connectivity index (χ1n) is 5.47. The molecule has 1 aromatic carbocycles. The van der Waals surface area contributed by atoms with E-state index in [1.54, 1.807) is 0 Å². The normalized spacial score (nSPS) is 12.7. The number of nitrogens with two attached hydrogens (primary N) is 1. The molecular weight excluding hydrogens is 282 g/mol. The first-order valence-corrected chi connectivity index (χ1v) is 6.26. The standard InChI is InChI=1S/C12H14BrN3O/c1-3-10(14)12-16-15-11(17-12)9-5-4-8(13)6-7(9)2/h4-6,10H,3,14H2,1-2H3. The molecule has 0 aliphatic rings. The van der Waals surface area contributed by atoms with E-state index < -0.39 is 0 Å². The number of hydrogen-bond acceptors (Lipinski definition) is 4. The molecule has 1 aromatic heterocycles. The SMILES string of the molecule is CCC(N)c1nnc(-c2ccc(Br)cc2C)o1. The molecule has 0 aliphatic carbocycles. The van der Waals surface area contributed by atoms with Gasteiger partial charge in [0.1, 0.15) is 0 Å². The largest absolute Gasteiger partial charge is 0.419 e. The number of nitrogens with zero attached hydrogens (tertiary/aromatic N) is 2. The maximum atomic E-state index is 5.84. The Balaban J connectivity index is 2.37. The van der Waals surface area contributed by atoms with Crippen molar-refractivity contribution in [2.45, 2.75) is 26.3 Å². The Labute approximate surface area is 108 Å². The Kier molecular flexibility index (Phi) is 3.59. The van der Waals surface area contributed by atoms with Crippen molar-refractivity contribution in [3.05, 3.63) is 34.1 Å². The Hall–Kier alpha value is -1.20. The van der Waals surface area contributed by atoms with Crippen LogP contribution < -0.4 is 5.73 Å². The summed E-state index contributed by atoms with van der Waals surface area (Å²) in [5.41, 5.74) is 7.87. The maximum Gasteiger partial charge on any atom is 0.248 e. The second-order valence-corrected chi connectivity index (χ2v) is 4.84. The lowest BCUT2D eigenvalue weighted by Gasteiger charge is -2.02. The van der Waals surface area contributed by atoms with Gasteiger partial charge in [-0.05, 0) is 37.1 Å². The zero-order valence-corrected chi connectivity index (χ0v) is 11.4. The monoisotopic (exact) mass is 295 g/mol. The van der Waals surface area contributed by atoms with Gasteiger partial charge >= 0.3 is 0 Å². The van der Waals surface area contributed by atoms with Crippen LogP contribution in [0.2, 0.25) is 0 Å². The summed E-state index contributed by atoms with van der Waals surface area (Å²) < 4.78 is 6.61. The van der Waals surface area contributed by atoms with Crippen molar-refractivity contribution >= 4 is 15.9 Å². The smallest absolute Gasteiger partial charge is 0.248 e. The number of rotatable bonds is 3. The van der Waals surface area contributed by atoms with E-state index in [2.05, 4.69) is 26.1 Å². The highest BCUT2D eigenvalue weighted by Gasteiger charge is 2.14. The number of aryl methyl sites for hydroxylation is 1. The minimum Gasteiger partial charge on any atom is -0.419 e. The number of aromatic nitrogens is 2. The number of hydrogen-bond donors (Lipinski definition) is 1.